The predicted molar refractivity (Wildman–Crippen MR) is 136 cm³/mol. The van der Waals surface area contributed by atoms with Crippen molar-refractivity contribution in [3.05, 3.63) is 78.9 Å². The first kappa shape index (κ1) is 21.3. The summed E-state index contributed by atoms with van der Waals surface area (Å²) in [6.07, 6.45) is 6.28. The van der Waals surface area contributed by atoms with Crippen molar-refractivity contribution in [2.24, 2.45) is 5.92 Å². The number of benzene rings is 2. The van der Waals surface area contributed by atoms with Crippen LogP contribution in [0.25, 0.3) is 38.9 Å². The number of aliphatic carboxylic acids is 1. The minimum Gasteiger partial charge on any atom is -0.481 e. The summed E-state index contributed by atoms with van der Waals surface area (Å²) in [5.74, 6) is 0.576. The summed E-state index contributed by atoms with van der Waals surface area (Å²) in [5, 5.41) is 10.4. The zero-order chi connectivity index (χ0) is 23.9. The number of nitrogens with two attached hydrogens (primary N) is 1. The average molecular weight is 464 g/mol. The largest absolute Gasteiger partial charge is 0.481 e. The number of pyridine rings is 1. The van der Waals surface area contributed by atoms with Gasteiger partial charge >= 0.3 is 5.97 Å². The third-order valence-corrected chi connectivity index (χ3v) is 7.08. The van der Waals surface area contributed by atoms with Crippen LogP contribution in [0, 0.1) is 5.92 Å². The molecule has 35 heavy (non-hydrogen) atoms. The topological polar surface area (TPSA) is 106 Å². The Morgan fingerprint density at radius 1 is 0.914 bits per heavy atom. The van der Waals surface area contributed by atoms with Crippen LogP contribution in [0.2, 0.25) is 0 Å². The number of carbonyl (C=O) groups is 1. The number of nitrogen functional groups attached to an aromatic ring is 1. The molecule has 1 aliphatic rings. The van der Waals surface area contributed by atoms with E-state index in [9.17, 15) is 9.90 Å². The number of rotatable bonds is 4. The Morgan fingerprint density at radius 2 is 1.69 bits per heavy atom. The lowest BCUT2D eigenvalue weighted by Crippen LogP contribution is -2.21. The molecule has 2 aromatic carbocycles. The van der Waals surface area contributed by atoms with Gasteiger partial charge in [-0.3, -0.25) is 14.2 Å². The normalized spacial score (nSPS) is 18.2. The molecule has 6 rings (SSSR count). The molecule has 0 aliphatic heterocycles. The highest BCUT2D eigenvalue weighted by Gasteiger charge is 2.30. The SMILES string of the molecule is Nc1cncc2c(-c3ccc4ccc(-c5ccccc5)nc4c3)nc(C3CCC(C(=O)O)CC3)n12. The van der Waals surface area contributed by atoms with Crippen LogP contribution in [0.4, 0.5) is 5.82 Å². The van der Waals surface area contributed by atoms with Gasteiger partial charge in [0.25, 0.3) is 0 Å². The Labute approximate surface area is 202 Å². The van der Waals surface area contributed by atoms with Crippen molar-refractivity contribution in [2.45, 2.75) is 31.6 Å². The molecule has 0 radical (unpaired) electrons. The monoisotopic (exact) mass is 463 g/mol. The molecule has 3 aromatic heterocycles. The molecule has 0 amide bonds. The highest BCUT2D eigenvalue weighted by molar-refractivity contribution is 5.89. The molecule has 0 spiro atoms. The number of fused-ring (bicyclic) bond motifs is 2. The number of carboxylic acid groups (broad SMARTS) is 1. The molecule has 0 bridgehead atoms. The number of hydrogen-bond acceptors (Lipinski definition) is 5. The molecule has 0 saturated heterocycles. The van der Waals surface area contributed by atoms with Crippen LogP contribution >= 0.6 is 0 Å². The first-order valence-electron chi connectivity index (χ1n) is 11.9. The van der Waals surface area contributed by atoms with Gasteiger partial charge in [-0.15, -0.1) is 0 Å². The first-order valence-corrected chi connectivity index (χ1v) is 11.9. The van der Waals surface area contributed by atoms with Gasteiger partial charge in [-0.25, -0.2) is 9.97 Å². The molecule has 0 unspecified atom stereocenters. The van der Waals surface area contributed by atoms with Crippen molar-refractivity contribution in [3.63, 3.8) is 0 Å². The molecular weight excluding hydrogens is 438 g/mol. The van der Waals surface area contributed by atoms with Crippen molar-refractivity contribution >= 4 is 28.2 Å². The van der Waals surface area contributed by atoms with Crippen molar-refractivity contribution in [1.29, 1.82) is 0 Å². The number of carboxylic acids is 1. The van der Waals surface area contributed by atoms with Crippen LogP contribution in [-0.2, 0) is 4.79 Å². The number of hydrogen-bond donors (Lipinski definition) is 2. The van der Waals surface area contributed by atoms with E-state index < -0.39 is 5.97 Å². The van der Waals surface area contributed by atoms with E-state index in [0.717, 1.165) is 57.6 Å². The lowest BCUT2D eigenvalue weighted by Gasteiger charge is -2.25. The fourth-order valence-corrected chi connectivity index (χ4v) is 5.20. The van der Waals surface area contributed by atoms with Gasteiger partial charge in [0.2, 0.25) is 0 Å². The second kappa shape index (κ2) is 8.51. The second-order valence-electron chi connectivity index (χ2n) is 9.23. The molecule has 1 fully saturated rings. The van der Waals surface area contributed by atoms with E-state index >= 15 is 0 Å². The number of nitrogens with zero attached hydrogens (tertiary/aromatic N) is 4. The minimum absolute atomic E-state index is 0.153. The third kappa shape index (κ3) is 3.79. The van der Waals surface area contributed by atoms with Crippen LogP contribution < -0.4 is 5.73 Å². The standard InChI is InChI=1S/C28H25N5O2/c29-25-16-30-15-24-26(32-27(33(24)25)19-7-9-20(10-8-19)28(34)35)21-11-6-18-12-13-22(31-23(18)14-21)17-4-2-1-3-5-17/h1-6,11-16,19-20H,7-10,29H2,(H,34,35). The van der Waals surface area contributed by atoms with Crippen molar-refractivity contribution < 1.29 is 9.90 Å². The molecule has 174 valence electrons. The zero-order valence-corrected chi connectivity index (χ0v) is 19.1. The number of anilines is 1. The van der Waals surface area contributed by atoms with Crippen molar-refractivity contribution in [3.8, 4) is 22.5 Å². The molecule has 7 nitrogen and oxygen atoms in total. The Kier molecular flexibility index (Phi) is 5.17. The van der Waals surface area contributed by atoms with E-state index in [-0.39, 0.29) is 11.8 Å². The van der Waals surface area contributed by atoms with E-state index in [4.69, 9.17) is 15.7 Å². The van der Waals surface area contributed by atoms with Crippen LogP contribution in [0.1, 0.15) is 37.4 Å². The summed E-state index contributed by atoms with van der Waals surface area (Å²) in [7, 11) is 0. The Balaban J connectivity index is 1.44. The maximum absolute atomic E-state index is 11.4. The Hall–Kier alpha value is -4.26. The summed E-state index contributed by atoms with van der Waals surface area (Å²) in [5.41, 5.74) is 11.9. The van der Waals surface area contributed by atoms with Crippen LogP contribution in [0.3, 0.4) is 0 Å². The van der Waals surface area contributed by atoms with Gasteiger partial charge < -0.3 is 10.8 Å². The summed E-state index contributed by atoms with van der Waals surface area (Å²) in [6, 6.07) is 20.5. The predicted octanol–water partition coefficient (Wildman–Crippen LogP) is 5.55. The fourth-order valence-electron chi connectivity index (χ4n) is 5.20. The van der Waals surface area contributed by atoms with E-state index in [0.29, 0.717) is 18.7 Å². The highest BCUT2D eigenvalue weighted by atomic mass is 16.4. The summed E-state index contributed by atoms with van der Waals surface area (Å²) in [4.78, 5) is 25.7. The van der Waals surface area contributed by atoms with E-state index in [1.165, 1.54) is 0 Å². The number of imidazole rings is 1. The molecule has 7 heteroatoms. The Morgan fingerprint density at radius 3 is 2.46 bits per heavy atom. The number of aromatic nitrogens is 4. The summed E-state index contributed by atoms with van der Waals surface area (Å²) in [6.45, 7) is 0. The molecule has 3 heterocycles. The smallest absolute Gasteiger partial charge is 0.306 e. The maximum atomic E-state index is 11.4. The van der Waals surface area contributed by atoms with E-state index in [2.05, 4.69) is 41.4 Å². The minimum atomic E-state index is -0.709. The van der Waals surface area contributed by atoms with E-state index in [1.54, 1.807) is 12.4 Å². The van der Waals surface area contributed by atoms with E-state index in [1.807, 2.05) is 28.7 Å². The van der Waals surface area contributed by atoms with Crippen LogP contribution in [-0.4, -0.2) is 30.4 Å². The quantitative estimate of drug-likeness (QED) is 0.362. The zero-order valence-electron chi connectivity index (χ0n) is 19.1. The van der Waals surface area contributed by atoms with Gasteiger partial charge in [0, 0.05) is 22.4 Å². The van der Waals surface area contributed by atoms with Gasteiger partial charge in [-0.2, -0.15) is 0 Å². The third-order valence-electron chi connectivity index (χ3n) is 7.08. The maximum Gasteiger partial charge on any atom is 0.306 e. The molecule has 1 aliphatic carbocycles. The molecule has 0 atom stereocenters. The van der Waals surface area contributed by atoms with Gasteiger partial charge in [0.1, 0.15) is 11.6 Å². The van der Waals surface area contributed by atoms with Crippen LogP contribution in [0.15, 0.2) is 73.1 Å². The average Bonchev–Trinajstić information content (AvgIpc) is 3.30. The van der Waals surface area contributed by atoms with Gasteiger partial charge in [-0.1, -0.05) is 48.5 Å². The molecule has 3 N–H and O–H groups in total. The lowest BCUT2D eigenvalue weighted by molar-refractivity contribution is -0.142. The highest BCUT2D eigenvalue weighted by Crippen LogP contribution is 2.39. The molecule has 5 aromatic rings. The van der Waals surface area contributed by atoms with Crippen molar-refractivity contribution in [1.82, 2.24) is 19.4 Å². The Bertz CT molecular complexity index is 1550. The van der Waals surface area contributed by atoms with Crippen LogP contribution in [0.5, 0.6) is 0 Å². The first-order chi connectivity index (χ1) is 17.1. The summed E-state index contributed by atoms with van der Waals surface area (Å²) < 4.78 is 1.98. The van der Waals surface area contributed by atoms with Gasteiger partial charge in [-0.05, 0) is 37.8 Å². The lowest BCUT2D eigenvalue weighted by atomic mass is 9.81. The molecule has 1 saturated carbocycles. The van der Waals surface area contributed by atoms with Crippen molar-refractivity contribution in [2.75, 3.05) is 5.73 Å². The molecular formula is C28H25N5O2. The second-order valence-corrected chi connectivity index (χ2v) is 9.23. The summed E-state index contributed by atoms with van der Waals surface area (Å²) >= 11 is 0. The van der Waals surface area contributed by atoms with Gasteiger partial charge in [0.05, 0.1) is 40.7 Å². The fraction of sp³-hybridized carbons (Fsp3) is 0.214. The van der Waals surface area contributed by atoms with Gasteiger partial charge in [0.15, 0.2) is 0 Å².